The Morgan fingerprint density at radius 3 is 2.92 bits per heavy atom. The molecule has 0 radical (unpaired) electrons. The lowest BCUT2D eigenvalue weighted by atomic mass is 10.1. The van der Waals surface area contributed by atoms with Crippen LogP contribution in [0.15, 0.2) is 36.7 Å². The number of aryl methyl sites for hydroxylation is 1. The minimum absolute atomic E-state index is 0.0631. The molecule has 2 aromatic rings. The van der Waals surface area contributed by atoms with E-state index < -0.39 is 0 Å². The van der Waals surface area contributed by atoms with E-state index in [1.165, 1.54) is 0 Å². The number of aromatic nitrogens is 3. The van der Waals surface area contributed by atoms with Crippen molar-refractivity contribution >= 4 is 5.91 Å². The fraction of sp³-hybridized carbons (Fsp3) is 0.526. The molecule has 7 heteroatoms. The lowest BCUT2D eigenvalue weighted by Crippen LogP contribution is -2.38. The summed E-state index contributed by atoms with van der Waals surface area (Å²) >= 11 is 0. The standard InChI is InChI=1S/C19H26N4O3/c1-25-12-13-26-14-19(24)22-11-5-8-17(22)9-10-18-21-20-15-23(18)16-6-3-2-4-7-16/h2-4,6-7,15,17H,5,8-14H2,1H3. The molecule has 26 heavy (non-hydrogen) atoms. The van der Waals surface area contributed by atoms with Crippen LogP contribution in [0, 0.1) is 0 Å². The Kier molecular flexibility index (Phi) is 6.74. The molecular weight excluding hydrogens is 332 g/mol. The van der Waals surface area contributed by atoms with Gasteiger partial charge in [0.2, 0.25) is 5.91 Å². The monoisotopic (exact) mass is 358 g/mol. The maximum Gasteiger partial charge on any atom is 0.248 e. The van der Waals surface area contributed by atoms with Crippen LogP contribution in [0.2, 0.25) is 0 Å². The predicted molar refractivity (Wildman–Crippen MR) is 97.1 cm³/mol. The molecule has 1 unspecified atom stereocenters. The van der Waals surface area contributed by atoms with E-state index in [4.69, 9.17) is 9.47 Å². The molecule has 1 aromatic carbocycles. The van der Waals surface area contributed by atoms with Crippen LogP contribution in [0.3, 0.4) is 0 Å². The number of hydrogen-bond acceptors (Lipinski definition) is 5. The average Bonchev–Trinajstić information content (AvgIpc) is 3.33. The lowest BCUT2D eigenvalue weighted by molar-refractivity contribution is -0.137. The van der Waals surface area contributed by atoms with Gasteiger partial charge >= 0.3 is 0 Å². The van der Waals surface area contributed by atoms with Crippen molar-refractivity contribution in [1.82, 2.24) is 19.7 Å². The molecule has 1 atom stereocenters. The highest BCUT2D eigenvalue weighted by Gasteiger charge is 2.28. The predicted octanol–water partition coefficient (Wildman–Crippen LogP) is 1.85. The smallest absolute Gasteiger partial charge is 0.248 e. The van der Waals surface area contributed by atoms with Crippen molar-refractivity contribution in [1.29, 1.82) is 0 Å². The summed E-state index contributed by atoms with van der Waals surface area (Å²) in [5.41, 5.74) is 1.05. The third-order valence-corrected chi connectivity index (χ3v) is 4.71. The van der Waals surface area contributed by atoms with Crippen LogP contribution in [-0.4, -0.2) is 65.1 Å². The lowest BCUT2D eigenvalue weighted by Gasteiger charge is -2.24. The first-order valence-electron chi connectivity index (χ1n) is 9.10. The first-order valence-corrected chi connectivity index (χ1v) is 9.10. The number of carbonyl (C=O) groups is 1. The highest BCUT2D eigenvalue weighted by atomic mass is 16.5. The number of carbonyl (C=O) groups excluding carboxylic acids is 1. The van der Waals surface area contributed by atoms with Crippen LogP contribution < -0.4 is 0 Å². The zero-order chi connectivity index (χ0) is 18.2. The van der Waals surface area contributed by atoms with Crippen LogP contribution in [-0.2, 0) is 20.7 Å². The van der Waals surface area contributed by atoms with Gasteiger partial charge in [0.25, 0.3) is 0 Å². The van der Waals surface area contributed by atoms with Crippen molar-refractivity contribution in [3.05, 3.63) is 42.5 Å². The molecule has 1 aromatic heterocycles. The van der Waals surface area contributed by atoms with Crippen molar-refractivity contribution in [2.75, 3.05) is 33.5 Å². The summed E-state index contributed by atoms with van der Waals surface area (Å²) in [6, 6.07) is 10.3. The molecule has 1 aliphatic rings. The van der Waals surface area contributed by atoms with Crippen LogP contribution >= 0.6 is 0 Å². The maximum atomic E-state index is 12.4. The second-order valence-corrected chi connectivity index (χ2v) is 6.42. The maximum absolute atomic E-state index is 12.4. The number of amides is 1. The van der Waals surface area contributed by atoms with Gasteiger partial charge in [-0.05, 0) is 31.4 Å². The zero-order valence-corrected chi connectivity index (χ0v) is 15.2. The quantitative estimate of drug-likeness (QED) is 0.640. The molecule has 0 bridgehead atoms. The molecule has 1 aliphatic heterocycles. The second kappa shape index (κ2) is 9.45. The van der Waals surface area contributed by atoms with Crippen molar-refractivity contribution in [2.45, 2.75) is 31.7 Å². The van der Waals surface area contributed by atoms with Gasteiger partial charge in [0, 0.05) is 31.8 Å². The van der Waals surface area contributed by atoms with Crippen LogP contribution in [0.5, 0.6) is 0 Å². The number of likely N-dealkylation sites (tertiary alicyclic amines) is 1. The molecule has 140 valence electrons. The van der Waals surface area contributed by atoms with Gasteiger partial charge in [-0.1, -0.05) is 18.2 Å². The summed E-state index contributed by atoms with van der Waals surface area (Å²) < 4.78 is 12.3. The number of hydrogen-bond donors (Lipinski definition) is 0. The van der Waals surface area contributed by atoms with Gasteiger partial charge in [0.1, 0.15) is 18.8 Å². The molecule has 0 spiro atoms. The molecule has 0 N–H and O–H groups in total. The number of para-hydroxylation sites is 1. The summed E-state index contributed by atoms with van der Waals surface area (Å²) in [5.74, 6) is 0.986. The van der Waals surface area contributed by atoms with E-state index in [1.807, 2.05) is 39.8 Å². The number of ether oxygens (including phenoxy) is 2. The normalized spacial score (nSPS) is 17.0. The van der Waals surface area contributed by atoms with Crippen LogP contribution in [0.1, 0.15) is 25.1 Å². The Hall–Kier alpha value is -2.25. The molecule has 0 aliphatic carbocycles. The van der Waals surface area contributed by atoms with Crippen molar-refractivity contribution < 1.29 is 14.3 Å². The van der Waals surface area contributed by atoms with Gasteiger partial charge in [-0.2, -0.15) is 0 Å². The number of nitrogens with zero attached hydrogens (tertiary/aromatic N) is 4. The Morgan fingerprint density at radius 1 is 1.27 bits per heavy atom. The number of rotatable bonds is 9. The Labute approximate surface area is 153 Å². The van der Waals surface area contributed by atoms with Gasteiger partial charge in [-0.3, -0.25) is 9.36 Å². The molecule has 0 saturated carbocycles. The topological polar surface area (TPSA) is 69.5 Å². The van der Waals surface area contributed by atoms with Gasteiger partial charge in [0.15, 0.2) is 0 Å². The van der Waals surface area contributed by atoms with Crippen molar-refractivity contribution in [3.63, 3.8) is 0 Å². The van der Waals surface area contributed by atoms with Crippen LogP contribution in [0.25, 0.3) is 5.69 Å². The molecule has 1 amide bonds. The minimum Gasteiger partial charge on any atom is -0.382 e. The SMILES string of the molecule is COCCOCC(=O)N1CCCC1CCc1nncn1-c1ccccc1. The van der Waals surface area contributed by atoms with E-state index in [0.717, 1.165) is 43.7 Å². The molecule has 1 fully saturated rings. The second-order valence-electron chi connectivity index (χ2n) is 6.42. The molecular formula is C19H26N4O3. The summed E-state index contributed by atoms with van der Waals surface area (Å²) in [6.07, 6.45) is 5.48. The van der Waals surface area contributed by atoms with E-state index in [9.17, 15) is 4.79 Å². The van der Waals surface area contributed by atoms with E-state index in [0.29, 0.717) is 13.2 Å². The van der Waals surface area contributed by atoms with E-state index >= 15 is 0 Å². The Morgan fingerprint density at radius 2 is 2.12 bits per heavy atom. The third-order valence-electron chi connectivity index (χ3n) is 4.71. The van der Waals surface area contributed by atoms with Gasteiger partial charge in [0.05, 0.1) is 13.2 Å². The van der Waals surface area contributed by atoms with E-state index in [2.05, 4.69) is 10.2 Å². The molecule has 1 saturated heterocycles. The summed E-state index contributed by atoms with van der Waals surface area (Å²) in [7, 11) is 1.62. The van der Waals surface area contributed by atoms with Crippen molar-refractivity contribution in [3.8, 4) is 5.69 Å². The zero-order valence-electron chi connectivity index (χ0n) is 15.2. The van der Waals surface area contributed by atoms with E-state index in [-0.39, 0.29) is 18.6 Å². The summed E-state index contributed by atoms with van der Waals surface area (Å²) in [5, 5.41) is 8.32. The highest BCUT2D eigenvalue weighted by molar-refractivity contribution is 5.78. The van der Waals surface area contributed by atoms with Crippen LogP contribution in [0.4, 0.5) is 0 Å². The third kappa shape index (κ3) is 4.68. The number of benzene rings is 1. The van der Waals surface area contributed by atoms with Gasteiger partial charge in [-0.15, -0.1) is 10.2 Å². The molecule has 3 rings (SSSR count). The minimum atomic E-state index is 0.0631. The molecule has 2 heterocycles. The van der Waals surface area contributed by atoms with Crippen molar-refractivity contribution in [2.24, 2.45) is 0 Å². The molecule has 7 nitrogen and oxygen atoms in total. The number of methoxy groups -OCH3 is 1. The Balaban J connectivity index is 1.54. The van der Waals surface area contributed by atoms with Gasteiger partial charge < -0.3 is 14.4 Å². The largest absolute Gasteiger partial charge is 0.382 e. The highest BCUT2D eigenvalue weighted by Crippen LogP contribution is 2.22. The first-order chi connectivity index (χ1) is 12.8. The fourth-order valence-corrected chi connectivity index (χ4v) is 3.38. The summed E-state index contributed by atoms with van der Waals surface area (Å²) in [4.78, 5) is 14.3. The fourth-order valence-electron chi connectivity index (χ4n) is 3.38. The van der Waals surface area contributed by atoms with Gasteiger partial charge in [-0.25, -0.2) is 0 Å². The first kappa shape index (κ1) is 18.5. The Bertz CT molecular complexity index is 689. The van der Waals surface area contributed by atoms with E-state index in [1.54, 1.807) is 13.4 Å². The average molecular weight is 358 g/mol. The summed E-state index contributed by atoms with van der Waals surface area (Å²) in [6.45, 7) is 1.88.